The van der Waals surface area contributed by atoms with Crippen LogP contribution in [0.25, 0.3) is 11.1 Å². The number of esters is 2. The quantitative estimate of drug-likeness (QED) is 0.133. The summed E-state index contributed by atoms with van der Waals surface area (Å²) in [6.45, 7) is 6.84. The minimum atomic E-state index is -0.892. The molecule has 2 saturated heterocycles. The van der Waals surface area contributed by atoms with Crippen LogP contribution < -0.4 is 10.6 Å². The standard InChI is InChI=1S/C48H62N4O12/c1-27(2)41(49-47(59)61-5)43(55)51-23-11-17-37(51)45(57)63-25-39(53)35-21-19-33(29-13-7-9-15-31(29)35)34-20-22-36(32-16-10-8-14-30(32)34)40(54)26-64-46(58)38-18-12-24-52(38)44(56)42(28(3)4)50-48(60)62-6/h19-22,27-28,37-38,41-42H,7-18,23-26H2,1-6H3,(H,49,59)(H,50,60)/t37-,38-,41-,42-/m0/s1. The second kappa shape index (κ2) is 21.3. The predicted molar refractivity (Wildman–Crippen MR) is 234 cm³/mol. The zero-order chi connectivity index (χ0) is 46.2. The minimum Gasteiger partial charge on any atom is -0.456 e. The minimum absolute atomic E-state index is 0.263. The molecular formula is C48H62N4O12. The second-order valence-electron chi connectivity index (χ2n) is 17.8. The second-order valence-corrected chi connectivity index (χ2v) is 17.8. The Morgan fingerprint density at radius 3 is 1.25 bits per heavy atom. The largest absolute Gasteiger partial charge is 0.456 e. The van der Waals surface area contributed by atoms with Crippen molar-refractivity contribution in [3.63, 3.8) is 0 Å². The van der Waals surface area contributed by atoms with Crippen LogP contribution in [-0.2, 0) is 63.8 Å². The van der Waals surface area contributed by atoms with E-state index in [4.69, 9.17) is 18.9 Å². The average molecular weight is 887 g/mol. The molecule has 2 aliphatic heterocycles. The Kier molecular flexibility index (Phi) is 15.8. The van der Waals surface area contributed by atoms with E-state index in [1.165, 1.54) is 24.0 Å². The summed E-state index contributed by atoms with van der Waals surface area (Å²) >= 11 is 0. The average Bonchev–Trinajstić information content (AvgIpc) is 4.01. The summed E-state index contributed by atoms with van der Waals surface area (Å²) in [5.74, 6) is -3.34. The van der Waals surface area contributed by atoms with Crippen molar-refractivity contribution in [1.29, 1.82) is 0 Å². The van der Waals surface area contributed by atoms with Crippen LogP contribution >= 0.6 is 0 Å². The Labute approximate surface area is 374 Å². The van der Waals surface area contributed by atoms with Gasteiger partial charge in [-0.25, -0.2) is 19.2 Å². The molecule has 346 valence electrons. The van der Waals surface area contributed by atoms with Gasteiger partial charge in [-0.2, -0.15) is 0 Å². The van der Waals surface area contributed by atoms with E-state index < -0.39 is 73.3 Å². The number of carbonyl (C=O) groups excluding carboxylic acids is 8. The van der Waals surface area contributed by atoms with Crippen LogP contribution in [0.15, 0.2) is 24.3 Å². The van der Waals surface area contributed by atoms with Crippen LogP contribution in [0.2, 0.25) is 0 Å². The van der Waals surface area contributed by atoms with Gasteiger partial charge in [0.1, 0.15) is 24.2 Å². The van der Waals surface area contributed by atoms with E-state index in [2.05, 4.69) is 10.6 Å². The maximum atomic E-state index is 13.8. The third-order valence-electron chi connectivity index (χ3n) is 13.1. The number of fused-ring (bicyclic) bond motifs is 2. The molecule has 2 aromatic carbocycles. The van der Waals surface area contributed by atoms with Gasteiger partial charge in [0.2, 0.25) is 23.4 Å². The number of hydrogen-bond donors (Lipinski definition) is 2. The molecule has 0 radical (unpaired) electrons. The predicted octanol–water partition coefficient (Wildman–Crippen LogP) is 5.31. The topological polar surface area (TPSA) is 204 Å². The third kappa shape index (κ3) is 10.4. The summed E-state index contributed by atoms with van der Waals surface area (Å²) < 4.78 is 20.6. The highest BCUT2D eigenvalue weighted by atomic mass is 16.6. The van der Waals surface area contributed by atoms with E-state index >= 15 is 0 Å². The monoisotopic (exact) mass is 886 g/mol. The number of benzene rings is 2. The number of nitrogens with one attached hydrogen (secondary N) is 2. The summed E-state index contributed by atoms with van der Waals surface area (Å²) in [4.78, 5) is 108. The van der Waals surface area contributed by atoms with Crippen molar-refractivity contribution in [2.45, 2.75) is 129 Å². The fourth-order valence-corrected chi connectivity index (χ4v) is 9.69. The molecule has 4 aliphatic rings. The number of methoxy groups -OCH3 is 2. The summed E-state index contributed by atoms with van der Waals surface area (Å²) in [5, 5.41) is 5.13. The molecule has 0 aromatic heterocycles. The van der Waals surface area contributed by atoms with E-state index in [1.54, 1.807) is 39.8 Å². The van der Waals surface area contributed by atoms with Crippen LogP contribution in [0.3, 0.4) is 0 Å². The normalized spacial score (nSPS) is 18.9. The lowest BCUT2D eigenvalue weighted by Crippen LogP contribution is -2.54. The molecule has 6 rings (SSSR count). The van der Waals surface area contributed by atoms with Crippen molar-refractivity contribution in [3.8, 4) is 11.1 Å². The van der Waals surface area contributed by atoms with E-state index in [0.29, 0.717) is 62.7 Å². The fourth-order valence-electron chi connectivity index (χ4n) is 9.69. The van der Waals surface area contributed by atoms with Gasteiger partial charge in [0.15, 0.2) is 13.2 Å². The lowest BCUT2D eigenvalue weighted by Gasteiger charge is -2.29. The van der Waals surface area contributed by atoms with Gasteiger partial charge >= 0.3 is 24.1 Å². The van der Waals surface area contributed by atoms with Crippen LogP contribution in [-0.4, -0.2) is 122 Å². The number of rotatable bonds is 15. The van der Waals surface area contributed by atoms with Gasteiger partial charge in [-0.15, -0.1) is 0 Å². The van der Waals surface area contributed by atoms with Crippen LogP contribution in [0.5, 0.6) is 0 Å². The first-order valence-corrected chi connectivity index (χ1v) is 22.7. The molecule has 2 heterocycles. The highest BCUT2D eigenvalue weighted by molar-refractivity contribution is 6.02. The third-order valence-corrected chi connectivity index (χ3v) is 13.1. The van der Waals surface area contributed by atoms with E-state index in [-0.39, 0.29) is 23.4 Å². The van der Waals surface area contributed by atoms with Crippen molar-refractivity contribution in [2.75, 3.05) is 40.5 Å². The molecule has 16 heteroatoms. The molecule has 0 saturated carbocycles. The molecule has 0 unspecified atom stereocenters. The summed E-state index contributed by atoms with van der Waals surface area (Å²) in [5.41, 5.74) is 6.97. The fraction of sp³-hybridized carbons (Fsp3) is 0.583. The van der Waals surface area contributed by atoms with E-state index in [1.807, 2.05) is 12.1 Å². The van der Waals surface area contributed by atoms with Gasteiger partial charge in [-0.05, 0) is 122 Å². The first-order chi connectivity index (χ1) is 30.7. The summed E-state index contributed by atoms with van der Waals surface area (Å²) in [6.07, 6.45) is 6.96. The smallest absolute Gasteiger partial charge is 0.407 e. The van der Waals surface area contributed by atoms with Gasteiger partial charge in [0.25, 0.3) is 0 Å². The van der Waals surface area contributed by atoms with Crippen molar-refractivity contribution < 1.29 is 57.3 Å². The maximum absolute atomic E-state index is 13.8. The Morgan fingerprint density at radius 2 is 0.906 bits per heavy atom. The Hall–Kier alpha value is -5.80. The molecule has 2 fully saturated rings. The Balaban J connectivity index is 1.15. The van der Waals surface area contributed by atoms with Gasteiger partial charge in [-0.3, -0.25) is 19.2 Å². The van der Waals surface area contributed by atoms with Gasteiger partial charge in [-0.1, -0.05) is 52.0 Å². The van der Waals surface area contributed by atoms with Crippen LogP contribution in [0, 0.1) is 11.8 Å². The van der Waals surface area contributed by atoms with Gasteiger partial charge in [0, 0.05) is 24.2 Å². The molecule has 4 atom stereocenters. The Morgan fingerprint density at radius 1 is 0.547 bits per heavy atom. The maximum Gasteiger partial charge on any atom is 0.407 e. The highest BCUT2D eigenvalue weighted by Gasteiger charge is 2.41. The molecule has 2 N–H and O–H groups in total. The van der Waals surface area contributed by atoms with Crippen molar-refractivity contribution in [1.82, 2.24) is 20.4 Å². The summed E-state index contributed by atoms with van der Waals surface area (Å²) in [6, 6.07) is 3.96. The number of carbonyl (C=O) groups is 8. The summed E-state index contributed by atoms with van der Waals surface area (Å²) in [7, 11) is 2.43. The zero-order valence-electron chi connectivity index (χ0n) is 37.9. The SMILES string of the molecule is COC(=O)N[C@H](C(=O)N1CCC[C@H]1C(=O)OCC(=O)c1ccc(-c2ccc(C(=O)COC(=O)[C@@H]3CCCN3C(=O)[C@@H](NC(=O)OC)C(C)C)c3c2CCCC3)c2c1CCCC2)C(C)C. The molecule has 2 aromatic rings. The number of hydrogen-bond acceptors (Lipinski definition) is 12. The number of ketones is 2. The first kappa shape index (κ1) is 47.7. The lowest BCUT2D eigenvalue weighted by molar-refractivity contribution is -0.153. The molecule has 0 bridgehead atoms. The molecule has 0 spiro atoms. The van der Waals surface area contributed by atoms with Crippen LogP contribution in [0.1, 0.15) is 122 Å². The molecule has 16 nitrogen and oxygen atoms in total. The molecule has 2 aliphatic carbocycles. The van der Waals surface area contributed by atoms with E-state index in [9.17, 15) is 38.4 Å². The molecular weight excluding hydrogens is 825 g/mol. The Bertz CT molecular complexity index is 2000. The van der Waals surface area contributed by atoms with Gasteiger partial charge < -0.3 is 39.4 Å². The number of ether oxygens (including phenoxy) is 4. The van der Waals surface area contributed by atoms with Crippen molar-refractivity contribution in [3.05, 3.63) is 57.6 Å². The number of alkyl carbamates (subject to hydrolysis) is 2. The lowest BCUT2D eigenvalue weighted by atomic mass is 9.78. The number of nitrogens with zero attached hydrogens (tertiary/aromatic N) is 2. The highest BCUT2D eigenvalue weighted by Crippen LogP contribution is 2.40. The number of likely N-dealkylation sites (tertiary alicyclic amines) is 2. The molecule has 4 amide bonds. The zero-order valence-corrected chi connectivity index (χ0v) is 37.9. The van der Waals surface area contributed by atoms with Gasteiger partial charge in [0.05, 0.1) is 14.2 Å². The first-order valence-electron chi connectivity index (χ1n) is 22.7. The number of Topliss-reactive ketones (excluding diaryl/α,β-unsaturated/α-hetero) is 2. The van der Waals surface area contributed by atoms with Crippen molar-refractivity contribution >= 4 is 47.5 Å². The van der Waals surface area contributed by atoms with Crippen molar-refractivity contribution in [2.24, 2.45) is 11.8 Å². The van der Waals surface area contributed by atoms with Crippen LogP contribution in [0.4, 0.5) is 9.59 Å². The molecule has 64 heavy (non-hydrogen) atoms. The van der Waals surface area contributed by atoms with E-state index in [0.717, 1.165) is 71.9 Å². The number of amides is 4.